The summed E-state index contributed by atoms with van der Waals surface area (Å²) in [6, 6.07) is 4.55. The van der Waals surface area contributed by atoms with Crippen LogP contribution in [0.4, 0.5) is 17.3 Å². The van der Waals surface area contributed by atoms with Crippen molar-refractivity contribution in [2.75, 3.05) is 29.1 Å². The first-order valence-corrected chi connectivity index (χ1v) is 11.3. The van der Waals surface area contributed by atoms with Gasteiger partial charge in [0.05, 0.1) is 10.7 Å². The van der Waals surface area contributed by atoms with Crippen LogP contribution in [0.5, 0.6) is 0 Å². The molecule has 1 amide bonds. The number of benzene rings is 1. The highest BCUT2D eigenvalue weighted by molar-refractivity contribution is 7.99. The van der Waals surface area contributed by atoms with E-state index in [0.717, 1.165) is 50.6 Å². The highest BCUT2D eigenvalue weighted by Crippen LogP contribution is 2.41. The van der Waals surface area contributed by atoms with Crippen molar-refractivity contribution in [3.63, 3.8) is 0 Å². The van der Waals surface area contributed by atoms with Crippen LogP contribution < -0.4 is 10.2 Å². The van der Waals surface area contributed by atoms with E-state index >= 15 is 0 Å². The number of nitrogens with one attached hydrogen (secondary N) is 1. The van der Waals surface area contributed by atoms with Crippen molar-refractivity contribution in [1.29, 1.82) is 0 Å². The molecule has 1 saturated heterocycles. The SMILES string of the molecule is CC1CCN(c2nnc(SCC(=O)Nc3ccc(Cl)cc3[N+](=O)[O-])n2C2CC2)CC1. The lowest BCUT2D eigenvalue weighted by molar-refractivity contribution is -0.383. The summed E-state index contributed by atoms with van der Waals surface area (Å²) in [5, 5.41) is 23.5. The summed E-state index contributed by atoms with van der Waals surface area (Å²) in [5.74, 6) is 1.36. The minimum absolute atomic E-state index is 0.0850. The monoisotopic (exact) mass is 450 g/mol. The summed E-state index contributed by atoms with van der Waals surface area (Å²) < 4.78 is 2.15. The molecule has 1 aliphatic heterocycles. The molecule has 1 aromatic heterocycles. The van der Waals surface area contributed by atoms with Gasteiger partial charge in [-0.1, -0.05) is 30.3 Å². The molecule has 1 N–H and O–H groups in total. The molecule has 30 heavy (non-hydrogen) atoms. The number of aromatic nitrogens is 3. The quantitative estimate of drug-likeness (QED) is 0.383. The summed E-state index contributed by atoms with van der Waals surface area (Å²) in [4.78, 5) is 25.3. The van der Waals surface area contributed by atoms with Crippen molar-refractivity contribution < 1.29 is 9.72 Å². The van der Waals surface area contributed by atoms with Gasteiger partial charge in [0.25, 0.3) is 5.69 Å². The van der Waals surface area contributed by atoms with Crippen LogP contribution in [-0.2, 0) is 4.79 Å². The Morgan fingerprint density at radius 1 is 1.30 bits per heavy atom. The summed E-state index contributed by atoms with van der Waals surface area (Å²) in [6.07, 6.45) is 4.46. The molecule has 2 aromatic rings. The van der Waals surface area contributed by atoms with Gasteiger partial charge in [-0.05, 0) is 43.7 Å². The molecule has 1 saturated carbocycles. The van der Waals surface area contributed by atoms with Crippen LogP contribution in [0.3, 0.4) is 0 Å². The topological polar surface area (TPSA) is 106 Å². The van der Waals surface area contributed by atoms with Gasteiger partial charge in [-0.15, -0.1) is 10.2 Å². The number of amides is 1. The van der Waals surface area contributed by atoms with E-state index in [1.807, 2.05) is 0 Å². The van der Waals surface area contributed by atoms with Crippen molar-refractivity contribution in [3.8, 4) is 0 Å². The Morgan fingerprint density at radius 3 is 2.70 bits per heavy atom. The Bertz CT molecular complexity index is 956. The zero-order valence-corrected chi connectivity index (χ0v) is 18.2. The van der Waals surface area contributed by atoms with E-state index < -0.39 is 4.92 Å². The summed E-state index contributed by atoms with van der Waals surface area (Å²) >= 11 is 7.12. The fraction of sp³-hybridized carbons (Fsp3) is 0.526. The minimum Gasteiger partial charge on any atom is -0.341 e. The average molecular weight is 451 g/mol. The number of hydrogen-bond acceptors (Lipinski definition) is 7. The van der Waals surface area contributed by atoms with Crippen LogP contribution >= 0.6 is 23.4 Å². The van der Waals surface area contributed by atoms with Gasteiger partial charge >= 0.3 is 0 Å². The molecular weight excluding hydrogens is 428 g/mol. The molecule has 0 atom stereocenters. The van der Waals surface area contributed by atoms with Crippen LogP contribution in [0, 0.1) is 16.0 Å². The second-order valence-electron chi connectivity index (χ2n) is 7.81. The van der Waals surface area contributed by atoms with Crippen LogP contribution in [-0.4, -0.2) is 44.4 Å². The van der Waals surface area contributed by atoms with E-state index in [9.17, 15) is 14.9 Å². The first-order chi connectivity index (χ1) is 14.4. The lowest BCUT2D eigenvalue weighted by Gasteiger charge is -2.31. The number of anilines is 2. The Hall–Kier alpha value is -2.33. The molecular formula is C19H23ClN6O3S. The third-order valence-electron chi connectivity index (χ3n) is 5.39. The van der Waals surface area contributed by atoms with E-state index in [0.29, 0.717) is 11.2 Å². The first-order valence-electron chi connectivity index (χ1n) is 9.99. The highest BCUT2D eigenvalue weighted by atomic mass is 35.5. The largest absolute Gasteiger partial charge is 0.341 e. The van der Waals surface area contributed by atoms with Crippen LogP contribution in [0.1, 0.15) is 38.6 Å². The van der Waals surface area contributed by atoms with Gasteiger partial charge in [-0.2, -0.15) is 0 Å². The number of halogens is 1. The predicted molar refractivity (Wildman–Crippen MR) is 116 cm³/mol. The van der Waals surface area contributed by atoms with Gasteiger partial charge in [0.1, 0.15) is 5.69 Å². The molecule has 2 fully saturated rings. The number of nitro groups is 1. The number of carbonyl (C=O) groups excluding carboxylic acids is 1. The number of hydrogen-bond donors (Lipinski definition) is 1. The Morgan fingerprint density at radius 2 is 2.03 bits per heavy atom. The molecule has 0 radical (unpaired) electrons. The third-order valence-corrected chi connectivity index (χ3v) is 6.57. The van der Waals surface area contributed by atoms with Crippen molar-refractivity contribution in [1.82, 2.24) is 14.8 Å². The lowest BCUT2D eigenvalue weighted by atomic mass is 10.00. The number of piperidine rings is 1. The van der Waals surface area contributed by atoms with Gasteiger partial charge in [-0.25, -0.2) is 0 Å². The molecule has 4 rings (SSSR count). The van der Waals surface area contributed by atoms with Crippen LogP contribution in [0.25, 0.3) is 0 Å². The van der Waals surface area contributed by atoms with Gasteiger partial charge in [0, 0.05) is 30.2 Å². The zero-order chi connectivity index (χ0) is 21.3. The molecule has 0 unspecified atom stereocenters. The van der Waals surface area contributed by atoms with Crippen molar-refractivity contribution in [3.05, 3.63) is 33.3 Å². The van der Waals surface area contributed by atoms with E-state index in [4.69, 9.17) is 11.6 Å². The maximum Gasteiger partial charge on any atom is 0.294 e. The maximum absolute atomic E-state index is 12.4. The van der Waals surface area contributed by atoms with Crippen LogP contribution in [0.15, 0.2) is 23.4 Å². The molecule has 1 aromatic carbocycles. The van der Waals surface area contributed by atoms with Crippen molar-refractivity contribution >= 4 is 46.6 Å². The van der Waals surface area contributed by atoms with Gasteiger partial charge in [-0.3, -0.25) is 19.5 Å². The second kappa shape index (κ2) is 8.81. The van der Waals surface area contributed by atoms with E-state index in [-0.39, 0.29) is 28.1 Å². The number of rotatable bonds is 7. The molecule has 0 bridgehead atoms. The Labute approximate surface area is 183 Å². The van der Waals surface area contributed by atoms with Gasteiger partial charge in [0.2, 0.25) is 11.9 Å². The standard InChI is InChI=1S/C19H23ClN6O3S/c1-12-6-8-24(9-7-12)18-22-23-19(25(18)14-3-4-14)30-11-17(27)21-15-5-2-13(20)10-16(15)26(28)29/h2,5,10,12,14H,3-4,6-9,11H2,1H3,(H,21,27). The second-order valence-corrected chi connectivity index (χ2v) is 9.19. The fourth-order valence-electron chi connectivity index (χ4n) is 3.52. The predicted octanol–water partition coefficient (Wildman–Crippen LogP) is 4.14. The van der Waals surface area contributed by atoms with Gasteiger partial charge in [0.15, 0.2) is 5.16 Å². The number of thioether (sulfide) groups is 1. The van der Waals surface area contributed by atoms with Crippen molar-refractivity contribution in [2.24, 2.45) is 5.92 Å². The van der Waals surface area contributed by atoms with Crippen molar-refractivity contribution in [2.45, 2.75) is 43.8 Å². The first kappa shape index (κ1) is 20.9. The molecule has 1 aliphatic carbocycles. The Kier molecular flexibility index (Phi) is 6.14. The highest BCUT2D eigenvalue weighted by Gasteiger charge is 2.32. The van der Waals surface area contributed by atoms with Crippen LogP contribution in [0.2, 0.25) is 5.02 Å². The molecule has 2 heterocycles. The molecule has 11 heteroatoms. The number of nitro benzene ring substituents is 1. The number of carbonyl (C=O) groups is 1. The maximum atomic E-state index is 12.4. The summed E-state index contributed by atoms with van der Waals surface area (Å²) in [5.41, 5.74) is -0.106. The normalized spacial score (nSPS) is 17.2. The molecule has 0 spiro atoms. The van der Waals surface area contributed by atoms with E-state index in [1.165, 1.54) is 30.0 Å². The average Bonchev–Trinajstić information content (AvgIpc) is 3.47. The van der Waals surface area contributed by atoms with Gasteiger partial charge < -0.3 is 10.2 Å². The molecule has 160 valence electrons. The fourth-order valence-corrected chi connectivity index (χ4v) is 4.49. The smallest absolute Gasteiger partial charge is 0.294 e. The summed E-state index contributed by atoms with van der Waals surface area (Å²) in [6.45, 7) is 4.21. The lowest BCUT2D eigenvalue weighted by Crippen LogP contribution is -2.34. The third kappa shape index (κ3) is 4.70. The number of nitrogens with zero attached hydrogens (tertiary/aromatic N) is 5. The molecule has 9 nitrogen and oxygen atoms in total. The van der Waals surface area contributed by atoms with E-state index in [1.54, 1.807) is 0 Å². The summed E-state index contributed by atoms with van der Waals surface area (Å²) in [7, 11) is 0. The molecule has 2 aliphatic rings. The zero-order valence-electron chi connectivity index (χ0n) is 16.6. The minimum atomic E-state index is -0.565. The Balaban J connectivity index is 1.43. The van der Waals surface area contributed by atoms with E-state index in [2.05, 4.69) is 31.9 Å².